The van der Waals surface area contributed by atoms with E-state index in [9.17, 15) is 9.59 Å². The van der Waals surface area contributed by atoms with Crippen LogP contribution < -0.4 is 15.4 Å². The standard InChI is InChI=1S/C25H28N4O4/c1-32-21-10-5-9-20(15-21)27-25(31)29-13-12-28(17-19-7-3-2-4-8-19)18-23(29)24(30)26-16-22-11-6-14-33-22/h2-11,14-15,23H,12-13,16-18H2,1H3,(H,26,30)(H,27,31). The highest BCUT2D eigenvalue weighted by atomic mass is 16.5. The molecule has 0 saturated carbocycles. The van der Waals surface area contributed by atoms with Crippen LogP contribution in [0, 0.1) is 0 Å². The number of amides is 3. The van der Waals surface area contributed by atoms with Gasteiger partial charge in [0.15, 0.2) is 0 Å². The first-order valence-electron chi connectivity index (χ1n) is 10.9. The second kappa shape index (κ2) is 10.7. The molecule has 2 heterocycles. The summed E-state index contributed by atoms with van der Waals surface area (Å²) in [6.07, 6.45) is 1.57. The van der Waals surface area contributed by atoms with Crippen molar-refractivity contribution in [2.24, 2.45) is 0 Å². The van der Waals surface area contributed by atoms with Crippen LogP contribution in [0.1, 0.15) is 11.3 Å². The quantitative estimate of drug-likeness (QED) is 0.579. The van der Waals surface area contributed by atoms with E-state index >= 15 is 0 Å². The van der Waals surface area contributed by atoms with Crippen LogP contribution in [0.5, 0.6) is 5.75 Å². The van der Waals surface area contributed by atoms with Crippen molar-refractivity contribution in [2.75, 3.05) is 32.1 Å². The maximum Gasteiger partial charge on any atom is 0.322 e. The van der Waals surface area contributed by atoms with E-state index in [0.717, 1.165) is 0 Å². The van der Waals surface area contributed by atoms with Gasteiger partial charge in [0.2, 0.25) is 5.91 Å². The Kier molecular flexibility index (Phi) is 7.26. The minimum atomic E-state index is -0.636. The van der Waals surface area contributed by atoms with Gasteiger partial charge >= 0.3 is 6.03 Å². The van der Waals surface area contributed by atoms with Gasteiger partial charge in [-0.3, -0.25) is 9.69 Å². The van der Waals surface area contributed by atoms with Crippen LogP contribution in [0.4, 0.5) is 10.5 Å². The van der Waals surface area contributed by atoms with Crippen molar-refractivity contribution in [2.45, 2.75) is 19.1 Å². The summed E-state index contributed by atoms with van der Waals surface area (Å²) < 4.78 is 10.6. The van der Waals surface area contributed by atoms with Gasteiger partial charge < -0.3 is 24.7 Å². The van der Waals surface area contributed by atoms with E-state index in [0.29, 0.717) is 43.4 Å². The highest BCUT2D eigenvalue weighted by Crippen LogP contribution is 2.19. The van der Waals surface area contributed by atoms with Gasteiger partial charge in [0, 0.05) is 37.9 Å². The van der Waals surface area contributed by atoms with E-state index in [-0.39, 0.29) is 18.5 Å². The first-order chi connectivity index (χ1) is 16.1. The molecule has 33 heavy (non-hydrogen) atoms. The van der Waals surface area contributed by atoms with Crippen LogP contribution in [-0.4, -0.2) is 54.5 Å². The number of carbonyl (C=O) groups excluding carboxylic acids is 2. The average molecular weight is 449 g/mol. The summed E-state index contributed by atoms with van der Waals surface area (Å²) in [6.45, 7) is 2.52. The lowest BCUT2D eigenvalue weighted by Crippen LogP contribution is -2.61. The zero-order valence-electron chi connectivity index (χ0n) is 18.6. The monoisotopic (exact) mass is 448 g/mol. The third-order valence-corrected chi connectivity index (χ3v) is 5.61. The minimum absolute atomic E-state index is 0.218. The number of nitrogens with one attached hydrogen (secondary N) is 2. The lowest BCUT2D eigenvalue weighted by atomic mass is 10.1. The molecule has 0 spiro atoms. The van der Waals surface area contributed by atoms with Crippen molar-refractivity contribution in [3.05, 3.63) is 84.3 Å². The molecule has 0 aliphatic carbocycles. The Hall–Kier alpha value is -3.78. The lowest BCUT2D eigenvalue weighted by Gasteiger charge is -2.40. The molecule has 1 aromatic heterocycles. The average Bonchev–Trinajstić information content (AvgIpc) is 3.37. The molecular weight excluding hydrogens is 420 g/mol. The summed E-state index contributed by atoms with van der Waals surface area (Å²) in [6, 6.07) is 19.9. The number of piperazine rings is 1. The van der Waals surface area contributed by atoms with Crippen molar-refractivity contribution in [3.63, 3.8) is 0 Å². The molecule has 2 aromatic carbocycles. The number of hydrogen-bond donors (Lipinski definition) is 2. The number of ether oxygens (including phenoxy) is 1. The van der Waals surface area contributed by atoms with Gasteiger partial charge in [0.05, 0.1) is 19.9 Å². The third kappa shape index (κ3) is 5.93. The number of carbonyl (C=O) groups is 2. The van der Waals surface area contributed by atoms with Crippen LogP contribution in [0.2, 0.25) is 0 Å². The summed E-state index contributed by atoms with van der Waals surface area (Å²) in [5, 5.41) is 5.80. The predicted molar refractivity (Wildman–Crippen MR) is 125 cm³/mol. The fourth-order valence-corrected chi connectivity index (χ4v) is 3.89. The van der Waals surface area contributed by atoms with E-state index in [1.165, 1.54) is 5.56 Å². The Morgan fingerprint density at radius 2 is 1.91 bits per heavy atom. The van der Waals surface area contributed by atoms with Gasteiger partial charge in [-0.1, -0.05) is 36.4 Å². The number of benzene rings is 2. The second-order valence-electron chi connectivity index (χ2n) is 7.89. The van der Waals surface area contributed by atoms with E-state index in [1.54, 1.807) is 48.6 Å². The molecule has 1 saturated heterocycles. The van der Waals surface area contributed by atoms with E-state index in [2.05, 4.69) is 27.7 Å². The second-order valence-corrected chi connectivity index (χ2v) is 7.89. The first kappa shape index (κ1) is 22.4. The molecule has 8 nitrogen and oxygen atoms in total. The van der Waals surface area contributed by atoms with Crippen LogP contribution >= 0.6 is 0 Å². The Morgan fingerprint density at radius 1 is 1.06 bits per heavy atom. The molecule has 8 heteroatoms. The molecule has 3 amide bonds. The van der Waals surface area contributed by atoms with Gasteiger partial charge in [0.25, 0.3) is 0 Å². The molecule has 3 aromatic rings. The number of urea groups is 1. The third-order valence-electron chi connectivity index (χ3n) is 5.61. The molecule has 172 valence electrons. The highest BCUT2D eigenvalue weighted by molar-refractivity contribution is 5.94. The van der Waals surface area contributed by atoms with Crippen molar-refractivity contribution in [3.8, 4) is 5.75 Å². The maximum atomic E-state index is 13.1. The molecule has 0 radical (unpaired) electrons. The molecule has 1 aliphatic heterocycles. The smallest absolute Gasteiger partial charge is 0.322 e. The van der Waals surface area contributed by atoms with E-state index < -0.39 is 6.04 Å². The normalized spacial score (nSPS) is 16.3. The molecular formula is C25H28N4O4. The van der Waals surface area contributed by atoms with Crippen LogP contribution in [0.15, 0.2) is 77.4 Å². The molecule has 0 bridgehead atoms. The van der Waals surface area contributed by atoms with Crippen molar-refractivity contribution >= 4 is 17.6 Å². The number of anilines is 1. The summed E-state index contributed by atoms with van der Waals surface area (Å²) >= 11 is 0. The molecule has 1 unspecified atom stereocenters. The van der Waals surface area contributed by atoms with Crippen LogP contribution in [0.3, 0.4) is 0 Å². The Labute approximate surface area is 193 Å². The van der Waals surface area contributed by atoms with Gasteiger partial charge in [-0.2, -0.15) is 0 Å². The molecule has 1 aliphatic rings. The van der Waals surface area contributed by atoms with Crippen molar-refractivity contribution in [1.82, 2.24) is 15.1 Å². The molecule has 1 atom stereocenters. The number of methoxy groups -OCH3 is 1. The summed E-state index contributed by atoms with van der Waals surface area (Å²) in [5.74, 6) is 1.09. The highest BCUT2D eigenvalue weighted by Gasteiger charge is 2.35. The minimum Gasteiger partial charge on any atom is -0.497 e. The zero-order valence-corrected chi connectivity index (χ0v) is 18.6. The maximum absolute atomic E-state index is 13.1. The van der Waals surface area contributed by atoms with Gasteiger partial charge in [-0.05, 0) is 29.8 Å². The fraction of sp³-hybridized carbons (Fsp3) is 0.280. The number of hydrogen-bond acceptors (Lipinski definition) is 5. The summed E-state index contributed by atoms with van der Waals surface area (Å²) in [7, 11) is 1.58. The Morgan fingerprint density at radius 3 is 2.67 bits per heavy atom. The predicted octanol–water partition coefficient (Wildman–Crippen LogP) is 3.32. The van der Waals surface area contributed by atoms with E-state index in [1.807, 2.05) is 24.3 Å². The van der Waals surface area contributed by atoms with Crippen molar-refractivity contribution < 1.29 is 18.7 Å². The SMILES string of the molecule is COc1cccc(NC(=O)N2CCN(Cc3ccccc3)CC2C(=O)NCc2ccco2)c1. The Balaban J connectivity index is 1.46. The van der Waals surface area contributed by atoms with Gasteiger partial charge in [-0.15, -0.1) is 0 Å². The first-order valence-corrected chi connectivity index (χ1v) is 10.9. The van der Waals surface area contributed by atoms with Crippen molar-refractivity contribution in [1.29, 1.82) is 0 Å². The number of furan rings is 1. The summed E-state index contributed by atoms with van der Waals surface area (Å²) in [4.78, 5) is 30.1. The van der Waals surface area contributed by atoms with Crippen LogP contribution in [-0.2, 0) is 17.9 Å². The number of nitrogens with zero attached hydrogens (tertiary/aromatic N) is 2. The Bertz CT molecular complexity index is 1060. The summed E-state index contributed by atoms with van der Waals surface area (Å²) in [5.41, 5.74) is 1.78. The largest absolute Gasteiger partial charge is 0.497 e. The fourth-order valence-electron chi connectivity index (χ4n) is 3.89. The van der Waals surface area contributed by atoms with Gasteiger partial charge in [0.1, 0.15) is 17.6 Å². The lowest BCUT2D eigenvalue weighted by molar-refractivity contribution is -0.127. The molecule has 4 rings (SSSR count). The van der Waals surface area contributed by atoms with Gasteiger partial charge in [-0.25, -0.2) is 4.79 Å². The topological polar surface area (TPSA) is 87.0 Å². The zero-order chi connectivity index (χ0) is 23.0. The number of rotatable bonds is 7. The van der Waals surface area contributed by atoms with E-state index in [4.69, 9.17) is 9.15 Å². The molecule has 1 fully saturated rings. The van der Waals surface area contributed by atoms with Crippen LogP contribution in [0.25, 0.3) is 0 Å². The molecule has 2 N–H and O–H groups in total.